The molecule has 26 heavy (non-hydrogen) atoms. The number of aromatic nitrogens is 1. The minimum atomic E-state index is -0.161. The Labute approximate surface area is 152 Å². The molecule has 0 spiro atoms. The van der Waals surface area contributed by atoms with Crippen molar-refractivity contribution >= 4 is 11.6 Å². The summed E-state index contributed by atoms with van der Waals surface area (Å²) in [6, 6.07) is 13.7. The van der Waals surface area contributed by atoms with E-state index in [1.54, 1.807) is 6.20 Å². The summed E-state index contributed by atoms with van der Waals surface area (Å²) < 4.78 is 11.7. The molecule has 4 heterocycles. The van der Waals surface area contributed by atoms with Crippen LogP contribution in [0.15, 0.2) is 48.7 Å². The second-order valence-electron chi connectivity index (χ2n) is 7.09. The van der Waals surface area contributed by atoms with Gasteiger partial charge in [-0.25, -0.2) is 0 Å². The fraction of sp³-hybridized carbons (Fsp3) is 0.400. The van der Waals surface area contributed by atoms with Gasteiger partial charge in [-0.05, 0) is 24.3 Å². The smallest absolute Gasteiger partial charge is 0.244 e. The SMILES string of the molecule is O=C1[C@@H]2C[C@@H](CN2C2COC2)Oc2ccccc2N1Cc1ccccn1. The second kappa shape index (κ2) is 6.37. The summed E-state index contributed by atoms with van der Waals surface area (Å²) in [6.07, 6.45) is 2.53. The zero-order valence-corrected chi connectivity index (χ0v) is 14.5. The number of hydrogen-bond acceptors (Lipinski definition) is 5. The molecule has 6 nitrogen and oxygen atoms in total. The Hall–Kier alpha value is -2.44. The van der Waals surface area contributed by atoms with Crippen molar-refractivity contribution in [3.05, 3.63) is 54.4 Å². The van der Waals surface area contributed by atoms with Crippen molar-refractivity contribution in [3.8, 4) is 5.75 Å². The van der Waals surface area contributed by atoms with Crippen LogP contribution in [0.25, 0.3) is 0 Å². The van der Waals surface area contributed by atoms with Gasteiger partial charge < -0.3 is 14.4 Å². The Morgan fingerprint density at radius 3 is 2.73 bits per heavy atom. The number of rotatable bonds is 3. The first-order chi connectivity index (χ1) is 12.8. The van der Waals surface area contributed by atoms with Gasteiger partial charge in [0, 0.05) is 19.2 Å². The lowest BCUT2D eigenvalue weighted by molar-refractivity contribution is -0.128. The van der Waals surface area contributed by atoms with E-state index in [1.807, 2.05) is 47.4 Å². The summed E-state index contributed by atoms with van der Waals surface area (Å²) in [7, 11) is 0. The van der Waals surface area contributed by atoms with Crippen LogP contribution in [-0.4, -0.2) is 53.7 Å². The van der Waals surface area contributed by atoms with Crippen molar-refractivity contribution in [2.45, 2.75) is 31.2 Å². The molecule has 0 radical (unpaired) electrons. The average molecular weight is 351 g/mol. The quantitative estimate of drug-likeness (QED) is 0.845. The van der Waals surface area contributed by atoms with E-state index in [9.17, 15) is 4.79 Å². The highest BCUT2D eigenvalue weighted by Crippen LogP contribution is 2.38. The summed E-state index contributed by atoms with van der Waals surface area (Å²) in [4.78, 5) is 22.0. The first kappa shape index (κ1) is 15.8. The Bertz CT molecular complexity index is 809. The number of nitrogens with zero attached hydrogens (tertiary/aromatic N) is 3. The highest BCUT2D eigenvalue weighted by molar-refractivity contribution is 5.99. The third kappa shape index (κ3) is 2.66. The molecule has 134 valence electrons. The minimum absolute atomic E-state index is 0.0442. The first-order valence-corrected chi connectivity index (χ1v) is 9.10. The fourth-order valence-corrected chi connectivity index (χ4v) is 4.04. The Kier molecular flexibility index (Phi) is 3.87. The molecule has 1 amide bonds. The van der Waals surface area contributed by atoms with Crippen molar-refractivity contribution in [1.82, 2.24) is 9.88 Å². The number of benzene rings is 1. The van der Waals surface area contributed by atoms with Gasteiger partial charge in [0.15, 0.2) is 0 Å². The molecule has 2 aromatic rings. The lowest BCUT2D eigenvalue weighted by Gasteiger charge is -2.38. The number of carbonyl (C=O) groups is 1. The Morgan fingerprint density at radius 1 is 1.12 bits per heavy atom. The van der Waals surface area contributed by atoms with E-state index < -0.39 is 0 Å². The number of ether oxygens (including phenoxy) is 2. The topological polar surface area (TPSA) is 54.9 Å². The standard InChI is InChI=1S/C20H21N3O3/c24-20-18-9-16(11-22(18)15-12-25-13-15)26-19-7-2-1-6-17(19)23(20)10-14-5-3-4-8-21-14/h1-8,15-16,18H,9-13H2/t16-,18-/m0/s1. The number of carbonyl (C=O) groups excluding carboxylic acids is 1. The Balaban J connectivity index is 1.53. The van der Waals surface area contributed by atoms with Gasteiger partial charge in [0.2, 0.25) is 5.91 Å². The highest BCUT2D eigenvalue weighted by atomic mass is 16.5. The maximum atomic E-state index is 13.5. The van der Waals surface area contributed by atoms with Crippen molar-refractivity contribution in [1.29, 1.82) is 0 Å². The second-order valence-corrected chi connectivity index (χ2v) is 7.09. The van der Waals surface area contributed by atoms with Crippen LogP contribution >= 0.6 is 0 Å². The number of likely N-dealkylation sites (tertiary alicyclic amines) is 1. The molecular formula is C20H21N3O3. The first-order valence-electron chi connectivity index (χ1n) is 9.10. The van der Waals surface area contributed by atoms with Crippen molar-refractivity contribution < 1.29 is 14.3 Å². The van der Waals surface area contributed by atoms with E-state index >= 15 is 0 Å². The molecule has 1 aromatic carbocycles. The van der Waals surface area contributed by atoms with E-state index in [1.165, 1.54) is 0 Å². The van der Waals surface area contributed by atoms with Gasteiger partial charge in [-0.1, -0.05) is 18.2 Å². The largest absolute Gasteiger partial charge is 0.487 e. The molecule has 0 unspecified atom stereocenters. The molecule has 3 aliphatic rings. The molecule has 0 saturated carbocycles. The summed E-state index contributed by atoms with van der Waals surface area (Å²) in [5.41, 5.74) is 1.69. The molecule has 2 fully saturated rings. The summed E-state index contributed by atoms with van der Waals surface area (Å²) in [5, 5.41) is 0. The molecule has 0 N–H and O–H groups in total. The summed E-state index contributed by atoms with van der Waals surface area (Å²) in [5.74, 6) is 0.896. The maximum Gasteiger partial charge on any atom is 0.244 e. The van der Waals surface area contributed by atoms with Gasteiger partial charge in [-0.2, -0.15) is 0 Å². The zero-order valence-electron chi connectivity index (χ0n) is 14.5. The summed E-state index contributed by atoms with van der Waals surface area (Å²) >= 11 is 0. The normalized spacial score (nSPS) is 25.8. The molecule has 5 rings (SSSR count). The number of para-hydroxylation sites is 2. The van der Waals surface area contributed by atoms with Gasteiger partial charge in [0.05, 0.1) is 43.2 Å². The predicted molar refractivity (Wildman–Crippen MR) is 96.0 cm³/mol. The van der Waals surface area contributed by atoms with E-state index in [0.29, 0.717) is 25.8 Å². The molecule has 2 bridgehead atoms. The molecular weight excluding hydrogens is 330 g/mol. The number of pyridine rings is 1. The molecule has 2 saturated heterocycles. The highest BCUT2D eigenvalue weighted by Gasteiger charge is 2.46. The van der Waals surface area contributed by atoms with E-state index in [4.69, 9.17) is 9.47 Å². The lowest BCUT2D eigenvalue weighted by Crippen LogP contribution is -2.55. The van der Waals surface area contributed by atoms with E-state index in [-0.39, 0.29) is 18.1 Å². The van der Waals surface area contributed by atoms with Crippen LogP contribution in [0.5, 0.6) is 5.75 Å². The Morgan fingerprint density at radius 2 is 1.96 bits per heavy atom. The van der Waals surface area contributed by atoms with Gasteiger partial charge >= 0.3 is 0 Å². The van der Waals surface area contributed by atoms with Crippen molar-refractivity contribution in [2.75, 3.05) is 24.7 Å². The number of amides is 1. The van der Waals surface area contributed by atoms with E-state index in [0.717, 1.165) is 30.1 Å². The number of hydrogen-bond donors (Lipinski definition) is 0. The molecule has 1 aromatic heterocycles. The van der Waals surface area contributed by atoms with Crippen LogP contribution in [0.4, 0.5) is 5.69 Å². The zero-order chi connectivity index (χ0) is 17.5. The van der Waals surface area contributed by atoms with Gasteiger partial charge in [0.1, 0.15) is 11.9 Å². The van der Waals surface area contributed by atoms with Gasteiger partial charge in [0.25, 0.3) is 0 Å². The lowest BCUT2D eigenvalue weighted by atomic mass is 10.1. The van der Waals surface area contributed by atoms with Gasteiger partial charge in [-0.15, -0.1) is 0 Å². The van der Waals surface area contributed by atoms with Crippen LogP contribution in [-0.2, 0) is 16.1 Å². The molecule has 3 aliphatic heterocycles. The maximum absolute atomic E-state index is 13.5. The number of fused-ring (bicyclic) bond motifs is 3. The fourth-order valence-electron chi connectivity index (χ4n) is 4.04. The van der Waals surface area contributed by atoms with Crippen LogP contribution < -0.4 is 9.64 Å². The molecule has 6 heteroatoms. The van der Waals surface area contributed by atoms with Gasteiger partial charge in [-0.3, -0.25) is 14.7 Å². The average Bonchev–Trinajstić information content (AvgIpc) is 3.03. The number of anilines is 1. The van der Waals surface area contributed by atoms with Crippen LogP contribution in [0.1, 0.15) is 12.1 Å². The third-order valence-corrected chi connectivity index (χ3v) is 5.44. The molecule has 2 atom stereocenters. The monoisotopic (exact) mass is 351 g/mol. The van der Waals surface area contributed by atoms with Crippen LogP contribution in [0.3, 0.4) is 0 Å². The minimum Gasteiger partial charge on any atom is -0.487 e. The van der Waals surface area contributed by atoms with Crippen LogP contribution in [0, 0.1) is 0 Å². The van der Waals surface area contributed by atoms with Crippen LogP contribution in [0.2, 0.25) is 0 Å². The predicted octanol–water partition coefficient (Wildman–Crippen LogP) is 1.85. The van der Waals surface area contributed by atoms with E-state index in [2.05, 4.69) is 9.88 Å². The molecule has 0 aliphatic carbocycles. The summed E-state index contributed by atoms with van der Waals surface area (Å²) in [6.45, 7) is 2.61. The third-order valence-electron chi connectivity index (χ3n) is 5.44. The van der Waals surface area contributed by atoms with Crippen molar-refractivity contribution in [2.24, 2.45) is 0 Å². The van der Waals surface area contributed by atoms with Crippen molar-refractivity contribution in [3.63, 3.8) is 0 Å².